The third-order valence-electron chi connectivity index (χ3n) is 4.95. The SMILES string of the molecule is CN=C(NCC1CCC1)NCC1CCN(C2CC2)C1. The first kappa shape index (κ1) is 13.2. The molecule has 1 unspecified atom stereocenters. The van der Waals surface area contributed by atoms with Gasteiger partial charge in [0.15, 0.2) is 5.96 Å². The van der Waals surface area contributed by atoms with Gasteiger partial charge in [-0.1, -0.05) is 6.42 Å². The Morgan fingerprint density at radius 2 is 1.79 bits per heavy atom. The molecule has 0 radical (unpaired) electrons. The van der Waals surface area contributed by atoms with Crippen LogP contribution in [-0.2, 0) is 0 Å². The highest BCUT2D eigenvalue weighted by Gasteiger charge is 2.34. The van der Waals surface area contributed by atoms with Gasteiger partial charge in [0.25, 0.3) is 0 Å². The zero-order chi connectivity index (χ0) is 13.1. The molecule has 3 fully saturated rings. The topological polar surface area (TPSA) is 39.7 Å². The molecule has 1 aliphatic heterocycles. The van der Waals surface area contributed by atoms with Crippen molar-refractivity contribution < 1.29 is 0 Å². The quantitative estimate of drug-likeness (QED) is 0.583. The average molecular weight is 264 g/mol. The van der Waals surface area contributed by atoms with E-state index in [1.54, 1.807) is 0 Å². The summed E-state index contributed by atoms with van der Waals surface area (Å²) in [7, 11) is 1.88. The lowest BCUT2D eigenvalue weighted by molar-refractivity contribution is 0.311. The molecule has 0 bridgehead atoms. The minimum atomic E-state index is 0.808. The van der Waals surface area contributed by atoms with E-state index in [0.29, 0.717) is 0 Å². The van der Waals surface area contributed by atoms with Gasteiger partial charge in [0.05, 0.1) is 0 Å². The summed E-state index contributed by atoms with van der Waals surface area (Å²) in [6.07, 6.45) is 8.42. The van der Waals surface area contributed by atoms with E-state index in [9.17, 15) is 0 Å². The van der Waals surface area contributed by atoms with Crippen LogP contribution in [0, 0.1) is 11.8 Å². The predicted octanol–water partition coefficient (Wildman–Crippen LogP) is 1.44. The summed E-state index contributed by atoms with van der Waals surface area (Å²) < 4.78 is 0. The van der Waals surface area contributed by atoms with Gasteiger partial charge in [0.2, 0.25) is 0 Å². The predicted molar refractivity (Wildman–Crippen MR) is 79.4 cm³/mol. The number of likely N-dealkylation sites (tertiary alicyclic amines) is 1. The number of aliphatic imine (C=N–C) groups is 1. The first-order valence-corrected chi connectivity index (χ1v) is 8.03. The largest absolute Gasteiger partial charge is 0.356 e. The molecule has 2 saturated carbocycles. The summed E-state index contributed by atoms with van der Waals surface area (Å²) in [5.74, 6) is 2.69. The standard InChI is InChI=1S/C15H28N4/c1-16-15(17-9-12-3-2-4-12)18-10-13-7-8-19(11-13)14-5-6-14/h12-14H,2-11H2,1H3,(H2,16,17,18). The monoisotopic (exact) mass is 264 g/mol. The zero-order valence-corrected chi connectivity index (χ0v) is 12.2. The van der Waals surface area contributed by atoms with Crippen molar-refractivity contribution >= 4 is 5.96 Å². The number of hydrogen-bond acceptors (Lipinski definition) is 2. The first-order valence-electron chi connectivity index (χ1n) is 8.03. The molecule has 4 heteroatoms. The Morgan fingerprint density at radius 1 is 1.05 bits per heavy atom. The minimum Gasteiger partial charge on any atom is -0.356 e. The number of nitrogens with one attached hydrogen (secondary N) is 2. The molecule has 2 N–H and O–H groups in total. The molecule has 4 nitrogen and oxygen atoms in total. The van der Waals surface area contributed by atoms with E-state index in [4.69, 9.17) is 0 Å². The molecule has 0 amide bonds. The van der Waals surface area contributed by atoms with Crippen LogP contribution < -0.4 is 10.6 Å². The first-order chi connectivity index (χ1) is 9.35. The lowest BCUT2D eigenvalue weighted by Crippen LogP contribution is -2.43. The Morgan fingerprint density at radius 3 is 2.37 bits per heavy atom. The Kier molecular flexibility index (Phi) is 4.26. The number of nitrogens with zero attached hydrogens (tertiary/aromatic N) is 2. The normalized spacial score (nSPS) is 29.3. The molecule has 3 rings (SSSR count). The Hall–Kier alpha value is -0.770. The molecule has 0 spiro atoms. The molecule has 1 heterocycles. The molecular weight excluding hydrogens is 236 g/mol. The highest BCUT2D eigenvalue weighted by atomic mass is 15.2. The molecular formula is C15H28N4. The van der Waals surface area contributed by atoms with Crippen molar-refractivity contribution in [1.82, 2.24) is 15.5 Å². The average Bonchev–Trinajstić information content (AvgIpc) is 3.11. The maximum absolute atomic E-state index is 4.33. The van der Waals surface area contributed by atoms with Crippen molar-refractivity contribution in [1.29, 1.82) is 0 Å². The Labute approximate surface area is 117 Å². The molecule has 19 heavy (non-hydrogen) atoms. The van der Waals surface area contributed by atoms with E-state index in [0.717, 1.165) is 36.9 Å². The molecule has 2 aliphatic carbocycles. The Balaban J connectivity index is 1.33. The second-order valence-corrected chi connectivity index (χ2v) is 6.51. The summed E-state index contributed by atoms with van der Waals surface area (Å²) in [6.45, 7) is 4.77. The summed E-state index contributed by atoms with van der Waals surface area (Å²) in [5, 5.41) is 6.97. The summed E-state index contributed by atoms with van der Waals surface area (Å²) in [4.78, 5) is 7.00. The van der Waals surface area contributed by atoms with Crippen LogP contribution in [0.5, 0.6) is 0 Å². The van der Waals surface area contributed by atoms with Crippen molar-refractivity contribution in [3.8, 4) is 0 Å². The third kappa shape index (κ3) is 3.62. The van der Waals surface area contributed by atoms with E-state index in [1.165, 1.54) is 51.6 Å². The lowest BCUT2D eigenvalue weighted by Gasteiger charge is -2.26. The third-order valence-corrected chi connectivity index (χ3v) is 4.95. The van der Waals surface area contributed by atoms with Crippen molar-refractivity contribution in [2.45, 2.75) is 44.6 Å². The van der Waals surface area contributed by atoms with E-state index < -0.39 is 0 Å². The minimum absolute atomic E-state index is 0.808. The van der Waals surface area contributed by atoms with Gasteiger partial charge in [0, 0.05) is 32.7 Å². The number of guanidine groups is 1. The maximum atomic E-state index is 4.33. The Bertz CT molecular complexity index is 320. The maximum Gasteiger partial charge on any atom is 0.190 e. The van der Waals surface area contributed by atoms with Crippen molar-refractivity contribution in [3.05, 3.63) is 0 Å². The van der Waals surface area contributed by atoms with Crippen LogP contribution >= 0.6 is 0 Å². The smallest absolute Gasteiger partial charge is 0.190 e. The van der Waals surface area contributed by atoms with Gasteiger partial charge in [-0.05, 0) is 50.5 Å². The lowest BCUT2D eigenvalue weighted by atomic mass is 9.85. The molecule has 1 atom stereocenters. The fourth-order valence-electron chi connectivity index (χ4n) is 3.20. The fourth-order valence-corrected chi connectivity index (χ4v) is 3.20. The molecule has 108 valence electrons. The highest BCUT2D eigenvalue weighted by molar-refractivity contribution is 5.79. The van der Waals surface area contributed by atoms with Gasteiger partial charge in [-0.15, -0.1) is 0 Å². The van der Waals surface area contributed by atoms with E-state index >= 15 is 0 Å². The van der Waals surface area contributed by atoms with Gasteiger partial charge in [-0.3, -0.25) is 4.99 Å². The van der Waals surface area contributed by atoms with Crippen molar-refractivity contribution in [3.63, 3.8) is 0 Å². The van der Waals surface area contributed by atoms with Crippen LogP contribution in [0.1, 0.15) is 38.5 Å². The van der Waals surface area contributed by atoms with Crippen LogP contribution in [0.4, 0.5) is 0 Å². The van der Waals surface area contributed by atoms with Crippen molar-refractivity contribution in [2.75, 3.05) is 33.2 Å². The molecule has 3 aliphatic rings. The molecule has 1 saturated heterocycles. The van der Waals surface area contributed by atoms with Crippen LogP contribution in [0.25, 0.3) is 0 Å². The van der Waals surface area contributed by atoms with Gasteiger partial charge in [0.1, 0.15) is 0 Å². The van der Waals surface area contributed by atoms with Crippen LogP contribution in [0.3, 0.4) is 0 Å². The summed E-state index contributed by atoms with van der Waals surface area (Å²) >= 11 is 0. The number of hydrogen-bond donors (Lipinski definition) is 2. The van der Waals surface area contributed by atoms with Gasteiger partial charge in [-0.25, -0.2) is 0 Å². The van der Waals surface area contributed by atoms with E-state index in [1.807, 2.05) is 7.05 Å². The second kappa shape index (κ2) is 6.12. The van der Waals surface area contributed by atoms with Gasteiger partial charge >= 0.3 is 0 Å². The molecule has 0 aromatic rings. The van der Waals surface area contributed by atoms with Crippen molar-refractivity contribution in [2.24, 2.45) is 16.8 Å². The second-order valence-electron chi connectivity index (χ2n) is 6.51. The molecule has 0 aromatic carbocycles. The van der Waals surface area contributed by atoms with E-state index in [-0.39, 0.29) is 0 Å². The van der Waals surface area contributed by atoms with Crippen LogP contribution in [-0.4, -0.2) is 50.1 Å². The fraction of sp³-hybridized carbons (Fsp3) is 0.933. The van der Waals surface area contributed by atoms with Gasteiger partial charge < -0.3 is 15.5 Å². The molecule has 0 aromatic heterocycles. The van der Waals surface area contributed by atoms with Gasteiger partial charge in [-0.2, -0.15) is 0 Å². The summed E-state index contributed by atoms with van der Waals surface area (Å²) in [5.41, 5.74) is 0. The zero-order valence-electron chi connectivity index (χ0n) is 12.2. The number of rotatable bonds is 5. The van der Waals surface area contributed by atoms with Crippen LogP contribution in [0.2, 0.25) is 0 Å². The van der Waals surface area contributed by atoms with Crippen LogP contribution in [0.15, 0.2) is 4.99 Å². The van der Waals surface area contributed by atoms with E-state index in [2.05, 4.69) is 20.5 Å². The highest BCUT2D eigenvalue weighted by Crippen LogP contribution is 2.31. The summed E-state index contributed by atoms with van der Waals surface area (Å²) in [6, 6.07) is 0.932.